The second-order valence-electron chi connectivity index (χ2n) is 4.53. The van der Waals surface area contributed by atoms with Crippen LogP contribution in [0.5, 0.6) is 5.75 Å². The van der Waals surface area contributed by atoms with Gasteiger partial charge in [0.2, 0.25) is 0 Å². The average molecular weight is 289 g/mol. The lowest BCUT2D eigenvalue weighted by molar-refractivity contribution is 0.104. The molecule has 0 atom stereocenters. The number of hydrogen-bond donors (Lipinski definition) is 0. The maximum Gasteiger partial charge on any atom is 0.189 e. The van der Waals surface area contributed by atoms with Crippen molar-refractivity contribution in [1.82, 2.24) is 0 Å². The predicted molar refractivity (Wildman–Crippen MR) is 86.7 cm³/mol. The van der Waals surface area contributed by atoms with Gasteiger partial charge in [-0.1, -0.05) is 43.0 Å². The normalized spacial score (nSPS) is 10.1. The second kappa shape index (κ2) is 7.61. The number of nitriles is 1. The lowest BCUT2D eigenvalue weighted by Gasteiger charge is -2.07. The molecule has 3 heteroatoms. The Kier molecular flexibility index (Phi) is 5.28. The molecule has 0 amide bonds. The van der Waals surface area contributed by atoms with Crippen LogP contribution in [0.4, 0.5) is 0 Å². The Morgan fingerprint density at radius 3 is 2.59 bits per heavy atom. The van der Waals surface area contributed by atoms with Gasteiger partial charge in [-0.2, -0.15) is 5.26 Å². The van der Waals surface area contributed by atoms with Crippen LogP contribution in [0, 0.1) is 11.3 Å². The topological polar surface area (TPSA) is 50.1 Å². The molecule has 2 aromatic carbocycles. The highest BCUT2D eigenvalue weighted by atomic mass is 16.5. The van der Waals surface area contributed by atoms with E-state index < -0.39 is 0 Å². The number of benzene rings is 2. The van der Waals surface area contributed by atoms with Gasteiger partial charge in [0.25, 0.3) is 0 Å². The molecular weight excluding hydrogens is 274 g/mol. The first kappa shape index (κ1) is 15.3. The summed E-state index contributed by atoms with van der Waals surface area (Å²) in [5.74, 6) is 0.404. The number of rotatable bonds is 6. The quantitative estimate of drug-likeness (QED) is 0.458. The van der Waals surface area contributed by atoms with Crippen molar-refractivity contribution in [1.29, 1.82) is 5.26 Å². The van der Waals surface area contributed by atoms with Crippen molar-refractivity contribution in [3.8, 4) is 11.8 Å². The van der Waals surface area contributed by atoms with Gasteiger partial charge in [-0.3, -0.25) is 4.79 Å². The molecule has 0 aliphatic rings. The first-order valence-electron chi connectivity index (χ1n) is 6.80. The molecule has 0 aromatic heterocycles. The molecule has 0 heterocycles. The predicted octanol–water partition coefficient (Wildman–Crippen LogP) is 4.02. The molecule has 0 bridgehead atoms. The van der Waals surface area contributed by atoms with Crippen molar-refractivity contribution in [2.24, 2.45) is 0 Å². The smallest absolute Gasteiger partial charge is 0.189 e. The Morgan fingerprint density at radius 1 is 1.18 bits per heavy atom. The van der Waals surface area contributed by atoms with E-state index in [1.807, 2.05) is 6.07 Å². The van der Waals surface area contributed by atoms with Crippen LogP contribution >= 0.6 is 0 Å². The Hall–Kier alpha value is -3.12. The highest BCUT2D eigenvalue weighted by molar-refractivity contribution is 6.08. The van der Waals surface area contributed by atoms with E-state index in [0.29, 0.717) is 23.5 Å². The Balaban J connectivity index is 2.16. The van der Waals surface area contributed by atoms with Gasteiger partial charge in [-0.15, -0.1) is 0 Å². The largest absolute Gasteiger partial charge is 0.489 e. The number of carbonyl (C=O) groups excluding carboxylic acids is 1. The SMILES string of the molecule is C=CCOc1ccccc1C(=O)/C=C/c1ccc(C#N)cc1. The zero-order valence-corrected chi connectivity index (χ0v) is 12.0. The van der Waals surface area contributed by atoms with Crippen molar-refractivity contribution in [3.05, 3.63) is 84.0 Å². The van der Waals surface area contributed by atoms with Gasteiger partial charge in [-0.05, 0) is 35.9 Å². The number of para-hydroxylation sites is 1. The van der Waals surface area contributed by atoms with Gasteiger partial charge in [0.15, 0.2) is 5.78 Å². The minimum atomic E-state index is -0.135. The lowest BCUT2D eigenvalue weighted by atomic mass is 10.1. The van der Waals surface area contributed by atoms with Crippen LogP contribution in [-0.2, 0) is 0 Å². The first-order chi connectivity index (χ1) is 10.7. The number of allylic oxidation sites excluding steroid dienone is 1. The van der Waals surface area contributed by atoms with Gasteiger partial charge in [0.1, 0.15) is 12.4 Å². The number of ketones is 1. The summed E-state index contributed by atoms with van der Waals surface area (Å²) < 4.78 is 5.48. The van der Waals surface area contributed by atoms with E-state index in [0.717, 1.165) is 5.56 Å². The molecule has 2 rings (SSSR count). The third-order valence-corrected chi connectivity index (χ3v) is 2.98. The molecular formula is C19H15NO2. The van der Waals surface area contributed by atoms with Crippen LogP contribution in [0.15, 0.2) is 67.3 Å². The summed E-state index contributed by atoms with van der Waals surface area (Å²) >= 11 is 0. The van der Waals surface area contributed by atoms with Crippen LogP contribution in [0.3, 0.4) is 0 Å². The molecule has 2 aromatic rings. The maximum absolute atomic E-state index is 12.3. The summed E-state index contributed by atoms with van der Waals surface area (Å²) in [5.41, 5.74) is 1.96. The lowest BCUT2D eigenvalue weighted by Crippen LogP contribution is -2.01. The minimum Gasteiger partial charge on any atom is -0.489 e. The van der Waals surface area contributed by atoms with Gasteiger partial charge in [0.05, 0.1) is 17.2 Å². The molecule has 0 saturated carbocycles. The van der Waals surface area contributed by atoms with Crippen LogP contribution in [0.1, 0.15) is 21.5 Å². The van der Waals surface area contributed by atoms with Gasteiger partial charge in [-0.25, -0.2) is 0 Å². The van der Waals surface area contributed by atoms with Crippen molar-refractivity contribution in [2.45, 2.75) is 0 Å². The van der Waals surface area contributed by atoms with Gasteiger partial charge in [0, 0.05) is 0 Å². The fraction of sp³-hybridized carbons (Fsp3) is 0.0526. The number of carbonyl (C=O) groups is 1. The summed E-state index contributed by atoms with van der Waals surface area (Å²) in [6.07, 6.45) is 4.85. The van der Waals surface area contributed by atoms with E-state index in [-0.39, 0.29) is 5.78 Å². The van der Waals surface area contributed by atoms with Gasteiger partial charge >= 0.3 is 0 Å². The van der Waals surface area contributed by atoms with E-state index in [9.17, 15) is 4.79 Å². The van der Waals surface area contributed by atoms with E-state index >= 15 is 0 Å². The van der Waals surface area contributed by atoms with Crippen molar-refractivity contribution in [2.75, 3.05) is 6.61 Å². The third-order valence-electron chi connectivity index (χ3n) is 2.98. The Labute approximate surface area is 129 Å². The monoisotopic (exact) mass is 289 g/mol. The standard InChI is InChI=1S/C19H15NO2/c1-2-13-22-19-6-4-3-5-17(19)18(21)12-11-15-7-9-16(14-20)10-8-15/h2-12H,1,13H2/b12-11+. The second-order valence-corrected chi connectivity index (χ2v) is 4.53. The fourth-order valence-corrected chi connectivity index (χ4v) is 1.88. The summed E-state index contributed by atoms with van der Waals surface area (Å²) in [4.78, 5) is 12.3. The average Bonchev–Trinajstić information content (AvgIpc) is 2.58. The van der Waals surface area contributed by atoms with E-state index in [4.69, 9.17) is 10.00 Å². The number of ether oxygens (including phenoxy) is 1. The zero-order chi connectivity index (χ0) is 15.8. The van der Waals surface area contributed by atoms with Crippen molar-refractivity contribution < 1.29 is 9.53 Å². The fourth-order valence-electron chi connectivity index (χ4n) is 1.88. The van der Waals surface area contributed by atoms with Crippen molar-refractivity contribution >= 4 is 11.9 Å². The molecule has 0 aliphatic heterocycles. The summed E-state index contributed by atoms with van der Waals surface area (Å²) in [6, 6.07) is 16.2. The van der Waals surface area contributed by atoms with Crippen LogP contribution in [0.25, 0.3) is 6.08 Å². The van der Waals surface area contributed by atoms with Crippen LogP contribution in [0.2, 0.25) is 0 Å². The summed E-state index contributed by atoms with van der Waals surface area (Å²) in [5, 5.41) is 8.75. The molecule has 0 spiro atoms. The van der Waals surface area contributed by atoms with Crippen LogP contribution < -0.4 is 4.74 Å². The maximum atomic E-state index is 12.3. The van der Waals surface area contributed by atoms with E-state index in [1.54, 1.807) is 54.6 Å². The molecule has 0 unspecified atom stereocenters. The number of nitrogens with zero attached hydrogens (tertiary/aromatic N) is 1. The molecule has 3 nitrogen and oxygen atoms in total. The highest BCUT2D eigenvalue weighted by Crippen LogP contribution is 2.19. The Bertz CT molecular complexity index is 737. The molecule has 0 radical (unpaired) electrons. The van der Waals surface area contributed by atoms with E-state index in [2.05, 4.69) is 12.6 Å². The van der Waals surface area contributed by atoms with Gasteiger partial charge < -0.3 is 4.74 Å². The van der Waals surface area contributed by atoms with Crippen LogP contribution in [-0.4, -0.2) is 12.4 Å². The highest BCUT2D eigenvalue weighted by Gasteiger charge is 2.08. The Morgan fingerprint density at radius 2 is 1.91 bits per heavy atom. The number of hydrogen-bond acceptors (Lipinski definition) is 3. The minimum absolute atomic E-state index is 0.135. The molecule has 22 heavy (non-hydrogen) atoms. The third kappa shape index (κ3) is 3.94. The molecule has 0 saturated heterocycles. The summed E-state index contributed by atoms with van der Waals surface area (Å²) in [6.45, 7) is 3.94. The summed E-state index contributed by atoms with van der Waals surface area (Å²) in [7, 11) is 0. The zero-order valence-electron chi connectivity index (χ0n) is 12.0. The molecule has 108 valence electrons. The molecule has 0 N–H and O–H groups in total. The first-order valence-corrected chi connectivity index (χ1v) is 6.80. The van der Waals surface area contributed by atoms with E-state index in [1.165, 1.54) is 6.08 Å². The molecule has 0 fully saturated rings. The molecule has 0 aliphatic carbocycles. The van der Waals surface area contributed by atoms with Crippen molar-refractivity contribution in [3.63, 3.8) is 0 Å².